The highest BCUT2D eigenvalue weighted by molar-refractivity contribution is 5.75. The molecule has 0 spiro atoms. The maximum absolute atomic E-state index is 12.6. The van der Waals surface area contributed by atoms with Gasteiger partial charge in [0.2, 0.25) is 5.75 Å². The summed E-state index contributed by atoms with van der Waals surface area (Å²) in [6.45, 7) is 10.9. The highest BCUT2D eigenvalue weighted by atomic mass is 16.5. The number of hydrogen-bond acceptors (Lipinski definition) is 6. The van der Waals surface area contributed by atoms with E-state index in [9.17, 15) is 4.79 Å². The van der Waals surface area contributed by atoms with Crippen molar-refractivity contribution in [3.05, 3.63) is 17.7 Å². The summed E-state index contributed by atoms with van der Waals surface area (Å²) >= 11 is 0. The lowest BCUT2D eigenvalue weighted by Crippen LogP contribution is -2.31. The van der Waals surface area contributed by atoms with Gasteiger partial charge in [-0.05, 0) is 43.4 Å². The normalized spacial score (nSPS) is 11.9. The first-order valence-corrected chi connectivity index (χ1v) is 32.0. The fourth-order valence-corrected chi connectivity index (χ4v) is 9.99. The Morgan fingerprint density at radius 1 is 0.352 bits per heavy atom. The maximum Gasteiger partial charge on any atom is 0.323 e. The summed E-state index contributed by atoms with van der Waals surface area (Å²) < 4.78 is 25.4. The van der Waals surface area contributed by atoms with Crippen LogP contribution >= 0.6 is 0 Å². The SMILES string of the molecule is CCCCCCCCCCCCCCCCCCOc1cc(COC(=O)C(N)CC)cc(OCCCCCCCCCCCCCCCCCC)c1OCCCCCCCCCCCCCCCCCC. The summed E-state index contributed by atoms with van der Waals surface area (Å²) in [5.74, 6) is 1.75. The molecule has 0 heterocycles. The van der Waals surface area contributed by atoms with Crippen LogP contribution in [-0.2, 0) is 16.1 Å². The second kappa shape index (κ2) is 54.3. The number of rotatable bonds is 58. The first-order chi connectivity index (χ1) is 35.1. The standard InChI is InChI=1S/C65H123NO5/c1-5-9-12-15-18-21-24-27-30-33-36-39-42-45-48-51-54-68-62-57-60(59-71-65(67)61(66)8-4)58-63(69-55-52-49-46-43-40-37-34-31-28-25-22-19-16-13-10-6-2)64(62)70-56-53-50-47-44-41-38-35-32-29-26-23-20-17-14-11-7-3/h57-58,61H,5-56,59,66H2,1-4H3. The molecule has 0 saturated heterocycles. The van der Waals surface area contributed by atoms with Crippen LogP contribution in [-0.4, -0.2) is 31.8 Å². The monoisotopic (exact) mass is 998 g/mol. The zero-order valence-electron chi connectivity index (χ0n) is 48.3. The summed E-state index contributed by atoms with van der Waals surface area (Å²) in [6, 6.07) is 3.39. The lowest BCUT2D eigenvalue weighted by atomic mass is 10.0. The molecular weight excluding hydrogens is 875 g/mol. The van der Waals surface area contributed by atoms with Crippen molar-refractivity contribution in [2.24, 2.45) is 5.73 Å². The van der Waals surface area contributed by atoms with Gasteiger partial charge in [-0.25, -0.2) is 0 Å². The average molecular weight is 999 g/mol. The van der Waals surface area contributed by atoms with E-state index in [-0.39, 0.29) is 12.6 Å². The van der Waals surface area contributed by atoms with Crippen molar-refractivity contribution in [2.45, 2.75) is 355 Å². The van der Waals surface area contributed by atoms with E-state index < -0.39 is 6.04 Å². The van der Waals surface area contributed by atoms with Crippen LogP contribution in [0.4, 0.5) is 0 Å². The van der Waals surface area contributed by atoms with Crippen molar-refractivity contribution in [3.63, 3.8) is 0 Å². The molecule has 1 atom stereocenters. The van der Waals surface area contributed by atoms with Gasteiger partial charge in [0.25, 0.3) is 0 Å². The number of nitrogens with two attached hydrogens (primary N) is 1. The second-order valence-electron chi connectivity index (χ2n) is 22.0. The fraction of sp³-hybridized carbons (Fsp3) is 0.892. The highest BCUT2D eigenvalue weighted by Crippen LogP contribution is 2.40. The third-order valence-corrected chi connectivity index (χ3v) is 15.0. The van der Waals surface area contributed by atoms with Crippen LogP contribution in [0.2, 0.25) is 0 Å². The Morgan fingerprint density at radius 3 is 0.817 bits per heavy atom. The number of ether oxygens (including phenoxy) is 4. The minimum absolute atomic E-state index is 0.136. The van der Waals surface area contributed by atoms with E-state index in [1.54, 1.807) is 0 Å². The van der Waals surface area contributed by atoms with E-state index in [4.69, 9.17) is 24.7 Å². The van der Waals surface area contributed by atoms with Crippen molar-refractivity contribution < 1.29 is 23.7 Å². The number of unbranched alkanes of at least 4 members (excludes halogenated alkanes) is 45. The molecule has 0 aliphatic rings. The van der Waals surface area contributed by atoms with E-state index in [0.717, 1.165) is 24.8 Å². The number of hydrogen-bond donors (Lipinski definition) is 1. The molecule has 0 saturated carbocycles. The van der Waals surface area contributed by atoms with Crippen LogP contribution in [0.15, 0.2) is 12.1 Å². The summed E-state index contributed by atoms with van der Waals surface area (Å²) in [6.07, 6.45) is 65.3. The van der Waals surface area contributed by atoms with Gasteiger partial charge in [0.05, 0.1) is 19.8 Å². The highest BCUT2D eigenvalue weighted by Gasteiger charge is 2.19. The number of benzene rings is 1. The predicted molar refractivity (Wildman–Crippen MR) is 310 cm³/mol. The molecule has 0 aliphatic heterocycles. The molecule has 1 unspecified atom stereocenters. The zero-order valence-corrected chi connectivity index (χ0v) is 48.3. The Kier molecular flexibility index (Phi) is 51.3. The summed E-state index contributed by atoms with van der Waals surface area (Å²) in [5.41, 5.74) is 6.88. The molecule has 0 bridgehead atoms. The van der Waals surface area contributed by atoms with Crippen LogP contribution in [0.25, 0.3) is 0 Å². The van der Waals surface area contributed by atoms with E-state index in [1.807, 2.05) is 19.1 Å². The van der Waals surface area contributed by atoms with E-state index in [1.165, 1.54) is 289 Å². The Labute approximate surface area is 443 Å². The topological polar surface area (TPSA) is 80.0 Å². The van der Waals surface area contributed by atoms with Gasteiger partial charge in [-0.1, -0.05) is 317 Å². The average Bonchev–Trinajstić information content (AvgIpc) is 3.38. The Balaban J connectivity index is 2.66. The van der Waals surface area contributed by atoms with Gasteiger partial charge in [-0.2, -0.15) is 0 Å². The number of carbonyl (C=O) groups excluding carboxylic acids is 1. The molecule has 6 heteroatoms. The molecule has 0 fully saturated rings. The van der Waals surface area contributed by atoms with Crippen molar-refractivity contribution in [1.82, 2.24) is 0 Å². The van der Waals surface area contributed by atoms with Crippen molar-refractivity contribution in [1.29, 1.82) is 0 Å². The predicted octanol–water partition coefficient (Wildman–Crippen LogP) is 21.4. The summed E-state index contributed by atoms with van der Waals surface area (Å²) in [4.78, 5) is 12.6. The third-order valence-electron chi connectivity index (χ3n) is 15.0. The minimum atomic E-state index is -0.617. The minimum Gasteiger partial charge on any atom is -0.490 e. The van der Waals surface area contributed by atoms with Crippen molar-refractivity contribution in [3.8, 4) is 17.2 Å². The molecule has 6 nitrogen and oxygen atoms in total. The smallest absolute Gasteiger partial charge is 0.323 e. The maximum atomic E-state index is 12.6. The van der Waals surface area contributed by atoms with Crippen molar-refractivity contribution in [2.75, 3.05) is 19.8 Å². The molecule has 1 aromatic carbocycles. The lowest BCUT2D eigenvalue weighted by Gasteiger charge is -2.19. The van der Waals surface area contributed by atoms with Gasteiger partial charge < -0.3 is 24.7 Å². The van der Waals surface area contributed by atoms with Crippen molar-refractivity contribution >= 4 is 5.97 Å². The van der Waals surface area contributed by atoms with Crippen LogP contribution in [0.5, 0.6) is 17.2 Å². The van der Waals surface area contributed by atoms with Crippen LogP contribution in [0, 0.1) is 0 Å². The Morgan fingerprint density at radius 2 is 0.577 bits per heavy atom. The molecular formula is C65H123NO5. The molecule has 0 aliphatic carbocycles. The van der Waals surface area contributed by atoms with Gasteiger partial charge in [-0.15, -0.1) is 0 Å². The van der Waals surface area contributed by atoms with E-state index >= 15 is 0 Å². The second-order valence-corrected chi connectivity index (χ2v) is 22.0. The number of esters is 1. The van der Waals surface area contributed by atoms with Gasteiger partial charge in [0.1, 0.15) is 12.6 Å². The molecule has 1 aromatic rings. The molecule has 0 aromatic heterocycles. The molecule has 71 heavy (non-hydrogen) atoms. The molecule has 418 valence electrons. The van der Waals surface area contributed by atoms with Crippen LogP contribution < -0.4 is 19.9 Å². The Hall–Kier alpha value is -1.95. The van der Waals surface area contributed by atoms with E-state index in [0.29, 0.717) is 43.5 Å². The summed E-state index contributed by atoms with van der Waals surface area (Å²) in [7, 11) is 0. The summed E-state index contributed by atoms with van der Waals surface area (Å²) in [5, 5.41) is 0. The fourth-order valence-electron chi connectivity index (χ4n) is 9.99. The zero-order chi connectivity index (χ0) is 51.2. The quantitative estimate of drug-likeness (QED) is 0.0517. The van der Waals surface area contributed by atoms with Gasteiger partial charge in [-0.3, -0.25) is 4.79 Å². The first-order valence-electron chi connectivity index (χ1n) is 32.0. The molecule has 2 N–H and O–H groups in total. The van der Waals surface area contributed by atoms with Crippen LogP contribution in [0.3, 0.4) is 0 Å². The van der Waals surface area contributed by atoms with Gasteiger partial charge in [0, 0.05) is 0 Å². The third kappa shape index (κ3) is 44.1. The van der Waals surface area contributed by atoms with Gasteiger partial charge in [0.15, 0.2) is 11.5 Å². The lowest BCUT2D eigenvalue weighted by molar-refractivity contribution is -0.146. The first kappa shape index (κ1) is 67.1. The van der Waals surface area contributed by atoms with E-state index in [2.05, 4.69) is 20.8 Å². The van der Waals surface area contributed by atoms with Gasteiger partial charge >= 0.3 is 5.97 Å². The number of carbonyl (C=O) groups is 1. The van der Waals surface area contributed by atoms with Crippen LogP contribution in [0.1, 0.15) is 348 Å². The largest absolute Gasteiger partial charge is 0.490 e. The Bertz CT molecular complexity index is 1180. The molecule has 0 amide bonds. The molecule has 1 rings (SSSR count). The molecule has 0 radical (unpaired) electrons.